The summed E-state index contributed by atoms with van der Waals surface area (Å²) in [5.41, 5.74) is 6.94. The fraction of sp³-hybridized carbons (Fsp3) is 0.192. The molecular weight excluding hydrogens is 414 g/mol. The monoisotopic (exact) mass is 439 g/mol. The Labute approximate surface area is 191 Å². The Kier molecular flexibility index (Phi) is 5.52. The zero-order valence-corrected chi connectivity index (χ0v) is 18.4. The highest BCUT2D eigenvalue weighted by atomic mass is 16.2. The van der Waals surface area contributed by atoms with Crippen LogP contribution < -0.4 is 16.0 Å². The summed E-state index contributed by atoms with van der Waals surface area (Å²) in [5.74, 6) is -0.0745. The molecule has 33 heavy (non-hydrogen) atoms. The zero-order valence-electron chi connectivity index (χ0n) is 18.4. The Bertz CT molecular complexity index is 1340. The second kappa shape index (κ2) is 8.78. The van der Waals surface area contributed by atoms with E-state index in [-0.39, 0.29) is 11.8 Å². The molecule has 0 radical (unpaired) electrons. The number of nitrogens with zero attached hydrogens (tertiary/aromatic N) is 2. The van der Waals surface area contributed by atoms with Crippen LogP contribution in [0.2, 0.25) is 0 Å². The number of amides is 2. The van der Waals surface area contributed by atoms with E-state index in [0.717, 1.165) is 52.2 Å². The van der Waals surface area contributed by atoms with E-state index in [1.54, 1.807) is 6.20 Å². The molecule has 0 unspecified atom stereocenters. The molecule has 0 saturated carbocycles. The highest BCUT2D eigenvalue weighted by molar-refractivity contribution is 5.99. The first-order chi connectivity index (χ1) is 16.1. The number of carbonyl (C=O) groups is 2. The number of hydrogen-bond acceptors (Lipinski definition) is 4. The second-order valence-electron chi connectivity index (χ2n) is 8.12. The van der Waals surface area contributed by atoms with E-state index >= 15 is 0 Å². The molecule has 0 saturated heterocycles. The summed E-state index contributed by atoms with van der Waals surface area (Å²) in [5, 5.41) is 9.20. The van der Waals surface area contributed by atoms with Gasteiger partial charge in [0, 0.05) is 42.3 Å². The van der Waals surface area contributed by atoms with Crippen molar-refractivity contribution in [2.45, 2.75) is 26.3 Å². The van der Waals surface area contributed by atoms with Gasteiger partial charge in [-0.25, -0.2) is 4.98 Å². The molecule has 3 heterocycles. The fourth-order valence-electron chi connectivity index (χ4n) is 4.08. The molecule has 2 amide bonds. The zero-order chi connectivity index (χ0) is 22.8. The van der Waals surface area contributed by atoms with Crippen molar-refractivity contribution >= 4 is 28.8 Å². The van der Waals surface area contributed by atoms with Crippen LogP contribution in [-0.2, 0) is 6.54 Å². The van der Waals surface area contributed by atoms with E-state index < -0.39 is 0 Å². The van der Waals surface area contributed by atoms with Crippen LogP contribution >= 0.6 is 0 Å². The van der Waals surface area contributed by atoms with Gasteiger partial charge in [-0.3, -0.25) is 14.0 Å². The summed E-state index contributed by atoms with van der Waals surface area (Å²) in [7, 11) is 0. The lowest BCUT2D eigenvalue weighted by Gasteiger charge is -2.13. The number of nitrogens with one attached hydrogen (secondary N) is 3. The average molecular weight is 440 g/mol. The first kappa shape index (κ1) is 20.8. The van der Waals surface area contributed by atoms with Crippen molar-refractivity contribution in [2.24, 2.45) is 0 Å². The van der Waals surface area contributed by atoms with Gasteiger partial charge in [-0.1, -0.05) is 19.4 Å². The van der Waals surface area contributed by atoms with Gasteiger partial charge in [-0.15, -0.1) is 0 Å². The summed E-state index contributed by atoms with van der Waals surface area (Å²) in [6.45, 7) is 3.35. The predicted molar refractivity (Wildman–Crippen MR) is 129 cm³/mol. The van der Waals surface area contributed by atoms with Crippen molar-refractivity contribution in [1.82, 2.24) is 20.0 Å². The van der Waals surface area contributed by atoms with Gasteiger partial charge in [-0.05, 0) is 66.1 Å². The van der Waals surface area contributed by atoms with Crippen LogP contribution in [0, 0.1) is 0 Å². The standard InChI is InChI=1S/C26H25N5O2/c1-2-3-12-28-25(32)17-4-7-20(8-5-17)30-22-10-11-23(31-14-13-27-24(22)31)18-6-9-21-19(15-18)16-29-26(21)33/h4-11,13-15,30H,2-3,12,16H2,1H3,(H,28,32)(H,29,33). The molecule has 2 aromatic heterocycles. The number of hydrogen-bond donors (Lipinski definition) is 3. The molecule has 166 valence electrons. The summed E-state index contributed by atoms with van der Waals surface area (Å²) >= 11 is 0. The third-order valence-electron chi connectivity index (χ3n) is 5.88. The number of rotatable bonds is 7. The lowest BCUT2D eigenvalue weighted by atomic mass is 10.0. The van der Waals surface area contributed by atoms with Gasteiger partial charge in [0.05, 0.1) is 11.4 Å². The van der Waals surface area contributed by atoms with Crippen molar-refractivity contribution < 1.29 is 9.59 Å². The van der Waals surface area contributed by atoms with E-state index in [9.17, 15) is 9.59 Å². The second-order valence-corrected chi connectivity index (χ2v) is 8.12. The number of unbranched alkanes of at least 4 members (excludes halogenated alkanes) is 1. The van der Waals surface area contributed by atoms with Crippen LogP contribution in [0.25, 0.3) is 16.9 Å². The molecule has 2 aromatic carbocycles. The smallest absolute Gasteiger partial charge is 0.251 e. The van der Waals surface area contributed by atoms with Gasteiger partial charge in [0.1, 0.15) is 0 Å². The van der Waals surface area contributed by atoms with E-state index in [0.29, 0.717) is 18.7 Å². The van der Waals surface area contributed by atoms with Crippen molar-refractivity contribution in [3.63, 3.8) is 0 Å². The van der Waals surface area contributed by atoms with Crippen LogP contribution in [0.5, 0.6) is 0 Å². The minimum atomic E-state index is -0.0544. The van der Waals surface area contributed by atoms with Gasteiger partial charge in [-0.2, -0.15) is 0 Å². The fourth-order valence-corrected chi connectivity index (χ4v) is 4.08. The molecule has 0 fully saturated rings. The van der Waals surface area contributed by atoms with Crippen LogP contribution in [-0.4, -0.2) is 27.7 Å². The maximum absolute atomic E-state index is 12.2. The van der Waals surface area contributed by atoms with E-state index in [4.69, 9.17) is 0 Å². The topological polar surface area (TPSA) is 87.5 Å². The summed E-state index contributed by atoms with van der Waals surface area (Å²) in [4.78, 5) is 28.6. The van der Waals surface area contributed by atoms with E-state index in [2.05, 4.69) is 33.9 Å². The normalized spacial score (nSPS) is 12.5. The van der Waals surface area contributed by atoms with Gasteiger partial charge >= 0.3 is 0 Å². The van der Waals surface area contributed by atoms with Crippen molar-refractivity contribution in [3.05, 3.63) is 83.7 Å². The Morgan fingerprint density at radius 1 is 1.12 bits per heavy atom. The Hall–Kier alpha value is -4.13. The molecule has 7 heteroatoms. The first-order valence-corrected chi connectivity index (χ1v) is 11.2. The molecular formula is C26H25N5O2. The van der Waals surface area contributed by atoms with Gasteiger partial charge in [0.15, 0.2) is 5.65 Å². The molecule has 7 nitrogen and oxygen atoms in total. The molecule has 1 aliphatic heterocycles. The highest BCUT2D eigenvalue weighted by Gasteiger charge is 2.19. The number of imidazole rings is 1. The Morgan fingerprint density at radius 2 is 1.97 bits per heavy atom. The molecule has 0 spiro atoms. The van der Waals surface area contributed by atoms with Crippen LogP contribution in [0.15, 0.2) is 67.0 Å². The van der Waals surface area contributed by atoms with Gasteiger partial charge in [0.2, 0.25) is 0 Å². The summed E-state index contributed by atoms with van der Waals surface area (Å²) < 4.78 is 2.03. The highest BCUT2D eigenvalue weighted by Crippen LogP contribution is 2.29. The lowest BCUT2D eigenvalue weighted by molar-refractivity contribution is 0.0949. The third-order valence-corrected chi connectivity index (χ3v) is 5.88. The summed E-state index contributed by atoms with van der Waals surface area (Å²) in [6, 6.07) is 17.4. The SMILES string of the molecule is CCCCNC(=O)c1ccc(Nc2ccc(-c3ccc4c(c3)CNC4=O)n3ccnc23)cc1. The van der Waals surface area contributed by atoms with Crippen molar-refractivity contribution in [2.75, 3.05) is 11.9 Å². The molecule has 4 aromatic rings. The lowest BCUT2D eigenvalue weighted by Crippen LogP contribution is -2.24. The number of carbonyl (C=O) groups excluding carboxylic acids is 2. The molecule has 5 rings (SSSR count). The summed E-state index contributed by atoms with van der Waals surface area (Å²) in [6.07, 6.45) is 5.72. The maximum Gasteiger partial charge on any atom is 0.251 e. The van der Waals surface area contributed by atoms with E-state index in [1.165, 1.54) is 0 Å². The number of benzene rings is 2. The minimum absolute atomic E-state index is 0.0201. The Morgan fingerprint density at radius 3 is 2.79 bits per heavy atom. The molecule has 0 bridgehead atoms. The van der Waals surface area contributed by atoms with Crippen LogP contribution in [0.1, 0.15) is 46.0 Å². The molecule has 3 N–H and O–H groups in total. The van der Waals surface area contributed by atoms with E-state index in [1.807, 2.05) is 59.1 Å². The van der Waals surface area contributed by atoms with Crippen molar-refractivity contribution in [1.29, 1.82) is 0 Å². The quantitative estimate of drug-likeness (QED) is 0.370. The van der Waals surface area contributed by atoms with Gasteiger partial charge in [0.25, 0.3) is 11.8 Å². The third kappa shape index (κ3) is 4.05. The minimum Gasteiger partial charge on any atom is -0.352 e. The molecule has 1 aliphatic rings. The Balaban J connectivity index is 1.38. The average Bonchev–Trinajstić information content (AvgIpc) is 3.47. The van der Waals surface area contributed by atoms with Gasteiger partial charge < -0.3 is 16.0 Å². The van der Waals surface area contributed by atoms with Crippen LogP contribution in [0.3, 0.4) is 0 Å². The largest absolute Gasteiger partial charge is 0.352 e. The predicted octanol–water partition coefficient (Wildman–Crippen LogP) is 4.52. The number of aromatic nitrogens is 2. The number of fused-ring (bicyclic) bond motifs is 2. The molecule has 0 aliphatic carbocycles. The van der Waals surface area contributed by atoms with Crippen molar-refractivity contribution in [3.8, 4) is 11.3 Å². The van der Waals surface area contributed by atoms with Crippen LogP contribution in [0.4, 0.5) is 11.4 Å². The first-order valence-electron chi connectivity index (χ1n) is 11.2. The number of anilines is 2. The maximum atomic E-state index is 12.2. The molecule has 0 atom stereocenters. The number of pyridine rings is 1.